The smallest absolute Gasteiger partial charge is 0.252 e. The van der Waals surface area contributed by atoms with Crippen LogP contribution in [0.5, 0.6) is 0 Å². The number of aromatic nitrogens is 2. The van der Waals surface area contributed by atoms with E-state index in [2.05, 4.69) is 9.97 Å². The van der Waals surface area contributed by atoms with Crippen LogP contribution in [0.4, 0.5) is 5.82 Å². The first-order valence-electron chi connectivity index (χ1n) is 7.16. The third-order valence-electron chi connectivity index (χ3n) is 3.86. The van der Waals surface area contributed by atoms with Crippen molar-refractivity contribution in [3.05, 3.63) is 35.6 Å². The van der Waals surface area contributed by atoms with E-state index in [9.17, 15) is 8.42 Å². The number of thiophene rings is 1. The predicted octanol–water partition coefficient (Wildman–Crippen LogP) is 1.76. The second-order valence-electron chi connectivity index (χ2n) is 5.40. The van der Waals surface area contributed by atoms with Gasteiger partial charge in [0.15, 0.2) is 0 Å². The van der Waals surface area contributed by atoms with E-state index < -0.39 is 10.0 Å². The van der Waals surface area contributed by atoms with Gasteiger partial charge in [0, 0.05) is 25.5 Å². The van der Waals surface area contributed by atoms with Gasteiger partial charge in [-0.15, -0.1) is 11.3 Å². The predicted molar refractivity (Wildman–Crippen MR) is 86.0 cm³/mol. The maximum atomic E-state index is 12.6. The van der Waals surface area contributed by atoms with Crippen LogP contribution in [0.1, 0.15) is 18.5 Å². The number of nitrogens with zero attached hydrogens (tertiary/aromatic N) is 3. The van der Waals surface area contributed by atoms with Crippen molar-refractivity contribution in [1.82, 2.24) is 14.3 Å². The van der Waals surface area contributed by atoms with Gasteiger partial charge in [-0.3, -0.25) is 4.98 Å². The molecule has 3 heterocycles. The zero-order chi connectivity index (χ0) is 15.6. The van der Waals surface area contributed by atoms with Crippen molar-refractivity contribution in [2.24, 2.45) is 5.92 Å². The van der Waals surface area contributed by atoms with Crippen molar-refractivity contribution in [3.8, 4) is 0 Å². The van der Waals surface area contributed by atoms with Crippen LogP contribution >= 0.6 is 11.3 Å². The highest BCUT2D eigenvalue weighted by Crippen LogP contribution is 2.28. The molecular formula is C14H18N4O2S2. The summed E-state index contributed by atoms with van der Waals surface area (Å²) in [6.07, 6.45) is 5.68. The molecule has 2 N–H and O–H groups in total. The molecule has 0 unspecified atom stereocenters. The van der Waals surface area contributed by atoms with Crippen LogP contribution in [0.25, 0.3) is 0 Å². The molecule has 0 bridgehead atoms. The molecule has 0 aromatic carbocycles. The van der Waals surface area contributed by atoms with Crippen LogP contribution in [0.3, 0.4) is 0 Å². The lowest BCUT2D eigenvalue weighted by molar-refractivity contribution is 0.264. The van der Waals surface area contributed by atoms with E-state index in [1.807, 2.05) is 0 Å². The Kier molecular flexibility index (Phi) is 4.42. The summed E-state index contributed by atoms with van der Waals surface area (Å²) in [4.78, 5) is 8.29. The number of nitrogen functional groups attached to an aromatic ring is 1. The lowest BCUT2D eigenvalue weighted by atomic mass is 9.94. The Morgan fingerprint density at radius 2 is 2.18 bits per heavy atom. The van der Waals surface area contributed by atoms with Gasteiger partial charge in [0.2, 0.25) is 0 Å². The molecule has 8 heteroatoms. The number of hydrogen-bond acceptors (Lipinski definition) is 6. The minimum atomic E-state index is -3.37. The Morgan fingerprint density at radius 1 is 1.36 bits per heavy atom. The van der Waals surface area contributed by atoms with Gasteiger partial charge in [0.05, 0.1) is 5.69 Å². The summed E-state index contributed by atoms with van der Waals surface area (Å²) >= 11 is 1.26. The molecule has 0 amide bonds. The van der Waals surface area contributed by atoms with Crippen molar-refractivity contribution in [2.45, 2.75) is 23.5 Å². The number of nitrogens with two attached hydrogens (primary N) is 1. The normalized spacial score (nSPS) is 20.1. The van der Waals surface area contributed by atoms with E-state index in [-0.39, 0.29) is 5.92 Å². The third-order valence-corrected chi connectivity index (χ3v) is 7.10. The highest BCUT2D eigenvalue weighted by Gasteiger charge is 2.31. The van der Waals surface area contributed by atoms with Crippen LogP contribution in [0.2, 0.25) is 0 Å². The van der Waals surface area contributed by atoms with Crippen molar-refractivity contribution >= 4 is 27.2 Å². The Balaban J connectivity index is 1.74. The van der Waals surface area contributed by atoms with E-state index in [1.165, 1.54) is 11.3 Å². The second-order valence-corrected chi connectivity index (χ2v) is 8.51. The van der Waals surface area contributed by atoms with Gasteiger partial charge < -0.3 is 5.73 Å². The van der Waals surface area contributed by atoms with Gasteiger partial charge in [0.1, 0.15) is 10.0 Å². The summed E-state index contributed by atoms with van der Waals surface area (Å²) in [5.41, 5.74) is 6.58. The Labute approximate surface area is 134 Å². The zero-order valence-corrected chi connectivity index (χ0v) is 13.7. The van der Waals surface area contributed by atoms with E-state index in [0.717, 1.165) is 18.5 Å². The van der Waals surface area contributed by atoms with Crippen molar-refractivity contribution in [2.75, 3.05) is 18.8 Å². The fraction of sp³-hybridized carbons (Fsp3) is 0.429. The van der Waals surface area contributed by atoms with Gasteiger partial charge in [-0.2, -0.15) is 4.31 Å². The van der Waals surface area contributed by atoms with Crippen LogP contribution in [-0.2, 0) is 16.4 Å². The minimum absolute atomic E-state index is 0.225. The van der Waals surface area contributed by atoms with Gasteiger partial charge >= 0.3 is 0 Å². The van der Waals surface area contributed by atoms with Gasteiger partial charge in [-0.1, -0.05) is 6.07 Å². The highest BCUT2D eigenvalue weighted by atomic mass is 32.2. The molecule has 3 rings (SSSR count). The molecule has 1 atom stereocenters. The van der Waals surface area contributed by atoms with Crippen LogP contribution in [-0.4, -0.2) is 35.8 Å². The molecular weight excluding hydrogens is 320 g/mol. The first kappa shape index (κ1) is 15.4. The zero-order valence-electron chi connectivity index (χ0n) is 12.1. The molecule has 0 saturated carbocycles. The SMILES string of the molecule is Nc1nccnc1C[C@H]1CCCN(S(=O)(=O)c2cccs2)C1. The maximum absolute atomic E-state index is 12.6. The number of piperidine rings is 1. The Bertz CT molecular complexity index is 731. The van der Waals surface area contributed by atoms with Crippen molar-refractivity contribution < 1.29 is 8.42 Å². The van der Waals surface area contributed by atoms with Crippen LogP contribution in [0, 0.1) is 5.92 Å². The topological polar surface area (TPSA) is 89.2 Å². The molecule has 6 nitrogen and oxygen atoms in total. The van der Waals surface area contributed by atoms with E-state index in [0.29, 0.717) is 29.5 Å². The summed E-state index contributed by atoms with van der Waals surface area (Å²) in [5, 5.41) is 1.79. The fourth-order valence-electron chi connectivity index (χ4n) is 2.76. The maximum Gasteiger partial charge on any atom is 0.252 e. The summed E-state index contributed by atoms with van der Waals surface area (Å²) in [6.45, 7) is 1.09. The quantitative estimate of drug-likeness (QED) is 0.917. The number of hydrogen-bond donors (Lipinski definition) is 1. The molecule has 2 aromatic heterocycles. The van der Waals surface area contributed by atoms with Gasteiger partial charge in [0.25, 0.3) is 10.0 Å². The fourth-order valence-corrected chi connectivity index (χ4v) is 5.46. The van der Waals surface area contributed by atoms with E-state index >= 15 is 0 Å². The molecule has 1 saturated heterocycles. The van der Waals surface area contributed by atoms with E-state index in [4.69, 9.17) is 5.73 Å². The third kappa shape index (κ3) is 3.13. The van der Waals surface area contributed by atoms with Crippen molar-refractivity contribution in [1.29, 1.82) is 0 Å². The molecule has 0 aliphatic carbocycles. The summed E-state index contributed by atoms with van der Waals surface area (Å²) < 4.78 is 27.2. The Hall–Kier alpha value is -1.51. The lowest BCUT2D eigenvalue weighted by Crippen LogP contribution is -2.40. The number of sulfonamides is 1. The average Bonchev–Trinajstić information content (AvgIpc) is 3.05. The van der Waals surface area contributed by atoms with Crippen LogP contribution in [0.15, 0.2) is 34.1 Å². The molecule has 0 spiro atoms. The van der Waals surface area contributed by atoms with Crippen molar-refractivity contribution in [3.63, 3.8) is 0 Å². The number of anilines is 1. The molecule has 1 aliphatic heterocycles. The lowest BCUT2D eigenvalue weighted by Gasteiger charge is -2.31. The Morgan fingerprint density at radius 3 is 2.91 bits per heavy atom. The molecule has 1 aliphatic rings. The van der Waals surface area contributed by atoms with Gasteiger partial charge in [-0.25, -0.2) is 13.4 Å². The molecule has 22 heavy (non-hydrogen) atoms. The molecule has 0 radical (unpaired) electrons. The largest absolute Gasteiger partial charge is 0.382 e. The first-order valence-corrected chi connectivity index (χ1v) is 9.48. The molecule has 1 fully saturated rings. The minimum Gasteiger partial charge on any atom is -0.382 e. The summed E-state index contributed by atoms with van der Waals surface area (Å²) in [5.74, 6) is 0.656. The summed E-state index contributed by atoms with van der Waals surface area (Å²) in [7, 11) is -3.37. The number of rotatable bonds is 4. The van der Waals surface area contributed by atoms with Crippen LogP contribution < -0.4 is 5.73 Å². The molecule has 2 aromatic rings. The average molecular weight is 338 g/mol. The monoisotopic (exact) mass is 338 g/mol. The first-order chi connectivity index (χ1) is 10.6. The van der Waals surface area contributed by atoms with E-state index in [1.54, 1.807) is 34.2 Å². The highest BCUT2D eigenvalue weighted by molar-refractivity contribution is 7.91. The summed E-state index contributed by atoms with van der Waals surface area (Å²) in [6, 6.07) is 3.42. The standard InChI is InChI=1S/C14H18N4O2S2/c15-14-12(16-5-6-17-14)9-11-3-1-7-18(10-11)22(19,20)13-4-2-8-21-13/h2,4-6,8,11H,1,3,7,9-10H2,(H2,15,17)/t11-/m1/s1. The van der Waals surface area contributed by atoms with Gasteiger partial charge in [-0.05, 0) is 36.6 Å². The molecule has 118 valence electrons. The second kappa shape index (κ2) is 6.31.